The molecule has 3 aromatic rings. The standard InChI is InChI=1S/C28H32N2O3/c1-4-27(31)30(20-24-14-16-25(33-3)17-15-24)26(18-22-8-6-5-7-9-22)28(32)29-19-23-12-10-21(2)11-13-23/h5-17,26H,4,18-20H2,1-3H3,(H,29,32)/t26-/m1/s1. The van der Waals surface area contributed by atoms with Crippen LogP contribution in [-0.4, -0.2) is 29.9 Å². The maximum atomic E-state index is 13.4. The van der Waals surface area contributed by atoms with Crippen LogP contribution in [0.4, 0.5) is 0 Å². The summed E-state index contributed by atoms with van der Waals surface area (Å²) in [5, 5.41) is 3.05. The van der Waals surface area contributed by atoms with Crippen LogP contribution in [0.15, 0.2) is 78.9 Å². The Kier molecular flexibility index (Phi) is 8.64. The molecule has 3 rings (SSSR count). The lowest BCUT2D eigenvalue weighted by atomic mass is 10.0. The summed E-state index contributed by atoms with van der Waals surface area (Å²) >= 11 is 0. The number of aryl methyl sites for hydroxylation is 1. The molecule has 0 saturated carbocycles. The Labute approximate surface area is 196 Å². The molecule has 1 N–H and O–H groups in total. The average Bonchev–Trinajstić information content (AvgIpc) is 2.86. The van der Waals surface area contributed by atoms with E-state index in [0.717, 1.165) is 22.4 Å². The number of amides is 2. The Balaban J connectivity index is 1.84. The highest BCUT2D eigenvalue weighted by molar-refractivity contribution is 5.88. The molecule has 5 nitrogen and oxygen atoms in total. The Morgan fingerprint density at radius 3 is 2.12 bits per heavy atom. The van der Waals surface area contributed by atoms with Crippen molar-refractivity contribution >= 4 is 11.8 Å². The summed E-state index contributed by atoms with van der Waals surface area (Å²) in [4.78, 5) is 28.1. The van der Waals surface area contributed by atoms with Gasteiger partial charge in [0.1, 0.15) is 11.8 Å². The number of benzene rings is 3. The second-order valence-corrected chi connectivity index (χ2v) is 8.13. The molecule has 0 fully saturated rings. The number of hydrogen-bond acceptors (Lipinski definition) is 3. The fraction of sp³-hybridized carbons (Fsp3) is 0.286. The van der Waals surface area contributed by atoms with E-state index in [-0.39, 0.29) is 11.8 Å². The molecule has 0 aliphatic carbocycles. The normalized spacial score (nSPS) is 11.5. The van der Waals surface area contributed by atoms with Crippen LogP contribution in [0.2, 0.25) is 0 Å². The van der Waals surface area contributed by atoms with Crippen LogP contribution in [0.1, 0.15) is 35.6 Å². The number of carbonyl (C=O) groups is 2. The van der Waals surface area contributed by atoms with Gasteiger partial charge in [-0.1, -0.05) is 79.2 Å². The average molecular weight is 445 g/mol. The van der Waals surface area contributed by atoms with Gasteiger partial charge in [-0.05, 0) is 35.7 Å². The predicted molar refractivity (Wildman–Crippen MR) is 131 cm³/mol. The Morgan fingerprint density at radius 2 is 1.52 bits per heavy atom. The van der Waals surface area contributed by atoms with Crippen LogP contribution in [0.5, 0.6) is 5.75 Å². The van der Waals surface area contributed by atoms with Gasteiger partial charge in [-0.3, -0.25) is 9.59 Å². The fourth-order valence-electron chi connectivity index (χ4n) is 3.70. The van der Waals surface area contributed by atoms with Gasteiger partial charge < -0.3 is 15.0 Å². The zero-order valence-corrected chi connectivity index (χ0v) is 19.6. The van der Waals surface area contributed by atoms with E-state index in [0.29, 0.717) is 25.9 Å². The third-order valence-corrected chi connectivity index (χ3v) is 5.67. The summed E-state index contributed by atoms with van der Waals surface area (Å²) in [5.41, 5.74) is 4.15. The minimum Gasteiger partial charge on any atom is -0.497 e. The largest absolute Gasteiger partial charge is 0.497 e. The Morgan fingerprint density at radius 1 is 0.879 bits per heavy atom. The second-order valence-electron chi connectivity index (χ2n) is 8.13. The number of rotatable bonds is 10. The lowest BCUT2D eigenvalue weighted by Gasteiger charge is -2.31. The molecule has 0 heterocycles. The van der Waals surface area contributed by atoms with E-state index in [2.05, 4.69) is 5.32 Å². The summed E-state index contributed by atoms with van der Waals surface area (Å²) in [6, 6.07) is 24.9. The molecule has 33 heavy (non-hydrogen) atoms. The molecule has 3 aromatic carbocycles. The van der Waals surface area contributed by atoms with Crippen molar-refractivity contribution < 1.29 is 14.3 Å². The van der Waals surface area contributed by atoms with Crippen molar-refractivity contribution in [2.45, 2.75) is 45.8 Å². The van der Waals surface area contributed by atoms with E-state index in [1.165, 1.54) is 5.56 Å². The SMILES string of the molecule is CCC(=O)N(Cc1ccc(OC)cc1)[C@H](Cc1ccccc1)C(=O)NCc1ccc(C)cc1. The van der Waals surface area contributed by atoms with Crippen LogP contribution in [0, 0.1) is 6.92 Å². The quantitative estimate of drug-likeness (QED) is 0.494. The molecule has 0 aromatic heterocycles. The van der Waals surface area contributed by atoms with Gasteiger partial charge in [0.05, 0.1) is 7.11 Å². The smallest absolute Gasteiger partial charge is 0.243 e. The molecule has 0 saturated heterocycles. The van der Waals surface area contributed by atoms with Gasteiger partial charge in [-0.2, -0.15) is 0 Å². The number of nitrogens with zero attached hydrogens (tertiary/aromatic N) is 1. The third kappa shape index (κ3) is 6.94. The minimum absolute atomic E-state index is 0.0581. The topological polar surface area (TPSA) is 58.6 Å². The van der Waals surface area contributed by atoms with Gasteiger partial charge in [-0.25, -0.2) is 0 Å². The Bertz CT molecular complexity index is 1030. The minimum atomic E-state index is -0.618. The highest BCUT2D eigenvalue weighted by atomic mass is 16.5. The van der Waals surface area contributed by atoms with E-state index in [9.17, 15) is 9.59 Å². The number of carbonyl (C=O) groups excluding carboxylic acids is 2. The summed E-state index contributed by atoms with van der Waals surface area (Å²) in [6.07, 6.45) is 0.773. The van der Waals surface area contributed by atoms with Crippen molar-refractivity contribution in [1.82, 2.24) is 10.2 Å². The molecule has 1 atom stereocenters. The van der Waals surface area contributed by atoms with Crippen LogP contribution in [0.3, 0.4) is 0 Å². The van der Waals surface area contributed by atoms with E-state index < -0.39 is 6.04 Å². The summed E-state index contributed by atoms with van der Waals surface area (Å²) in [7, 11) is 1.62. The number of nitrogens with one attached hydrogen (secondary N) is 1. The Hall–Kier alpha value is -3.60. The number of ether oxygens (including phenoxy) is 1. The second kappa shape index (κ2) is 11.9. The van der Waals surface area contributed by atoms with Gasteiger partial charge in [0.25, 0.3) is 0 Å². The summed E-state index contributed by atoms with van der Waals surface area (Å²) in [6.45, 7) is 4.63. The van der Waals surface area contributed by atoms with Crippen molar-refractivity contribution in [3.8, 4) is 5.75 Å². The molecule has 0 spiro atoms. The summed E-state index contributed by atoms with van der Waals surface area (Å²) in [5.74, 6) is 0.538. The molecular formula is C28H32N2O3. The molecule has 0 aliphatic rings. The lowest BCUT2D eigenvalue weighted by Crippen LogP contribution is -2.50. The monoisotopic (exact) mass is 444 g/mol. The highest BCUT2D eigenvalue weighted by Gasteiger charge is 2.29. The van der Waals surface area contributed by atoms with Gasteiger partial charge >= 0.3 is 0 Å². The van der Waals surface area contributed by atoms with Crippen molar-refractivity contribution in [3.05, 3.63) is 101 Å². The summed E-state index contributed by atoms with van der Waals surface area (Å²) < 4.78 is 5.24. The first kappa shape index (κ1) is 24.1. The van der Waals surface area contributed by atoms with Gasteiger partial charge in [0.2, 0.25) is 11.8 Å². The van der Waals surface area contributed by atoms with Crippen molar-refractivity contribution in [1.29, 1.82) is 0 Å². The van der Waals surface area contributed by atoms with Crippen LogP contribution < -0.4 is 10.1 Å². The van der Waals surface area contributed by atoms with Gasteiger partial charge in [0.15, 0.2) is 0 Å². The van der Waals surface area contributed by atoms with Crippen molar-refractivity contribution in [2.75, 3.05) is 7.11 Å². The van der Waals surface area contributed by atoms with Crippen molar-refractivity contribution in [2.24, 2.45) is 0 Å². The molecule has 0 bridgehead atoms. The molecular weight excluding hydrogens is 412 g/mol. The van der Waals surface area contributed by atoms with E-state index in [1.807, 2.05) is 92.7 Å². The first-order chi connectivity index (χ1) is 16.0. The molecule has 0 unspecified atom stereocenters. The number of methoxy groups -OCH3 is 1. The first-order valence-electron chi connectivity index (χ1n) is 11.3. The van der Waals surface area contributed by atoms with E-state index in [4.69, 9.17) is 4.74 Å². The molecule has 172 valence electrons. The van der Waals surface area contributed by atoms with Gasteiger partial charge in [0, 0.05) is 25.9 Å². The maximum Gasteiger partial charge on any atom is 0.243 e. The van der Waals surface area contributed by atoms with E-state index >= 15 is 0 Å². The van der Waals surface area contributed by atoms with E-state index in [1.54, 1.807) is 12.0 Å². The zero-order chi connectivity index (χ0) is 23.6. The zero-order valence-electron chi connectivity index (χ0n) is 19.6. The molecule has 5 heteroatoms. The lowest BCUT2D eigenvalue weighted by molar-refractivity contribution is -0.141. The number of hydrogen-bond donors (Lipinski definition) is 1. The van der Waals surface area contributed by atoms with Crippen molar-refractivity contribution in [3.63, 3.8) is 0 Å². The predicted octanol–water partition coefficient (Wildman–Crippen LogP) is 4.67. The maximum absolute atomic E-state index is 13.4. The van der Waals surface area contributed by atoms with Crippen LogP contribution >= 0.6 is 0 Å². The molecule has 0 aliphatic heterocycles. The van der Waals surface area contributed by atoms with Gasteiger partial charge in [-0.15, -0.1) is 0 Å². The fourth-order valence-corrected chi connectivity index (χ4v) is 3.70. The third-order valence-electron chi connectivity index (χ3n) is 5.67. The first-order valence-corrected chi connectivity index (χ1v) is 11.3. The molecule has 0 radical (unpaired) electrons. The van der Waals surface area contributed by atoms with Crippen LogP contribution in [-0.2, 0) is 29.1 Å². The van der Waals surface area contributed by atoms with Crippen LogP contribution in [0.25, 0.3) is 0 Å². The highest BCUT2D eigenvalue weighted by Crippen LogP contribution is 2.18. The molecule has 2 amide bonds.